The molecule has 0 saturated carbocycles. The van der Waals surface area contributed by atoms with E-state index in [1.54, 1.807) is 18.2 Å². The summed E-state index contributed by atoms with van der Waals surface area (Å²) in [7, 11) is 0. The number of aliphatic hydroxyl groups excluding tert-OH is 4. The van der Waals surface area contributed by atoms with Crippen molar-refractivity contribution in [3.8, 4) is 17.2 Å². The van der Waals surface area contributed by atoms with Crippen molar-refractivity contribution in [2.75, 3.05) is 6.61 Å². The van der Waals surface area contributed by atoms with Crippen molar-refractivity contribution in [1.82, 2.24) is 0 Å². The Bertz CT molecular complexity index is 1080. The summed E-state index contributed by atoms with van der Waals surface area (Å²) in [6, 6.07) is 9.06. The fourth-order valence-corrected chi connectivity index (χ4v) is 3.57. The Morgan fingerprint density at radius 3 is 2.31 bits per heavy atom. The minimum Gasteiger partial charge on any atom is -0.508 e. The number of hydrogen-bond acceptors (Lipinski definition) is 9. The molecule has 9 nitrogen and oxygen atoms in total. The number of hydrogen-bond donors (Lipinski definition) is 6. The lowest BCUT2D eigenvalue weighted by atomic mass is 9.98. The molecule has 0 spiro atoms. The molecule has 0 bridgehead atoms. The van der Waals surface area contributed by atoms with Gasteiger partial charge in [0.2, 0.25) is 6.29 Å². The highest BCUT2D eigenvalue weighted by molar-refractivity contribution is 6.09. The first-order chi connectivity index (χ1) is 16.6. The van der Waals surface area contributed by atoms with Crippen LogP contribution in [0.4, 0.5) is 0 Å². The number of phenols is 2. The van der Waals surface area contributed by atoms with Crippen LogP contribution in [0.3, 0.4) is 0 Å². The molecule has 0 unspecified atom stereocenters. The van der Waals surface area contributed by atoms with E-state index >= 15 is 0 Å². The maximum atomic E-state index is 12.8. The molecular formula is C26H30O9. The number of benzene rings is 2. The molecule has 1 aliphatic heterocycles. The third-order valence-corrected chi connectivity index (χ3v) is 5.63. The van der Waals surface area contributed by atoms with E-state index in [0.717, 1.165) is 5.57 Å². The average Bonchev–Trinajstić information content (AvgIpc) is 2.83. The van der Waals surface area contributed by atoms with Crippen LogP contribution in [0, 0.1) is 0 Å². The maximum absolute atomic E-state index is 12.8. The predicted octanol–water partition coefficient (Wildman–Crippen LogP) is 1.68. The van der Waals surface area contributed by atoms with E-state index < -0.39 is 43.1 Å². The second-order valence-corrected chi connectivity index (χ2v) is 8.53. The molecule has 0 aliphatic carbocycles. The lowest BCUT2D eigenvalue weighted by molar-refractivity contribution is -0.277. The quantitative estimate of drug-likeness (QED) is 0.186. The molecule has 35 heavy (non-hydrogen) atoms. The van der Waals surface area contributed by atoms with E-state index in [9.17, 15) is 35.4 Å². The summed E-state index contributed by atoms with van der Waals surface area (Å²) in [6.07, 6.45) is -2.51. The molecule has 5 atom stereocenters. The van der Waals surface area contributed by atoms with Gasteiger partial charge < -0.3 is 40.1 Å². The number of aliphatic hydroxyl groups is 4. The van der Waals surface area contributed by atoms with E-state index in [4.69, 9.17) is 9.47 Å². The van der Waals surface area contributed by atoms with Crippen molar-refractivity contribution in [2.45, 2.75) is 51.0 Å². The van der Waals surface area contributed by atoms with Crippen molar-refractivity contribution >= 4 is 11.9 Å². The molecule has 9 heteroatoms. The first-order valence-corrected chi connectivity index (χ1v) is 11.1. The number of ketones is 1. The molecular weight excluding hydrogens is 456 g/mol. The Morgan fingerprint density at radius 1 is 1.00 bits per heavy atom. The fourth-order valence-electron chi connectivity index (χ4n) is 3.57. The van der Waals surface area contributed by atoms with Gasteiger partial charge in [0.05, 0.1) is 12.2 Å². The molecule has 188 valence electrons. The molecule has 1 aliphatic rings. The summed E-state index contributed by atoms with van der Waals surface area (Å²) >= 11 is 0. The highest BCUT2D eigenvalue weighted by Crippen LogP contribution is 2.35. The second-order valence-electron chi connectivity index (χ2n) is 8.53. The number of allylic oxidation sites excluding steroid dienone is 3. The van der Waals surface area contributed by atoms with Crippen LogP contribution < -0.4 is 4.74 Å². The summed E-state index contributed by atoms with van der Waals surface area (Å²) in [5.74, 6) is -0.577. The Labute approximate surface area is 202 Å². The number of aromatic hydroxyl groups is 2. The summed E-state index contributed by atoms with van der Waals surface area (Å²) in [5, 5.41) is 60.0. The van der Waals surface area contributed by atoms with Crippen molar-refractivity contribution in [3.05, 3.63) is 70.8 Å². The van der Waals surface area contributed by atoms with Crippen LogP contribution in [0.15, 0.2) is 54.1 Å². The maximum Gasteiger partial charge on any atom is 0.229 e. The predicted molar refractivity (Wildman–Crippen MR) is 127 cm³/mol. The molecule has 0 amide bonds. The summed E-state index contributed by atoms with van der Waals surface area (Å²) < 4.78 is 11.1. The number of carbonyl (C=O) groups is 1. The smallest absolute Gasteiger partial charge is 0.229 e. The molecule has 2 aromatic rings. The van der Waals surface area contributed by atoms with Crippen LogP contribution in [0.2, 0.25) is 0 Å². The van der Waals surface area contributed by atoms with Gasteiger partial charge in [-0.3, -0.25) is 4.79 Å². The summed E-state index contributed by atoms with van der Waals surface area (Å²) in [4.78, 5) is 12.8. The van der Waals surface area contributed by atoms with Crippen LogP contribution in [-0.2, 0) is 11.2 Å². The Hall–Kier alpha value is -3.21. The highest BCUT2D eigenvalue weighted by Gasteiger charge is 2.45. The largest absolute Gasteiger partial charge is 0.508 e. The molecule has 2 aromatic carbocycles. The first kappa shape index (κ1) is 26.4. The van der Waals surface area contributed by atoms with Crippen molar-refractivity contribution in [1.29, 1.82) is 0 Å². The van der Waals surface area contributed by atoms with E-state index in [-0.39, 0.29) is 34.8 Å². The normalized spacial score (nSPS) is 24.3. The molecule has 0 radical (unpaired) electrons. The number of phenolic OH excluding ortho intramolecular Hbond substituents is 2. The zero-order valence-corrected chi connectivity index (χ0v) is 19.4. The standard InChI is InChI=1S/C26H30O9/c1-14(2)3-9-18-20(34-26-25(33)24(32)23(31)21(13-27)35-26)12-10-17(22(18)30)19(29)11-6-15-4-7-16(28)8-5-15/h3-8,10-12,21,23-28,30-33H,9,13H2,1-2H3/t21-,23-,24+,25-,26-/m1/s1. The summed E-state index contributed by atoms with van der Waals surface area (Å²) in [5.41, 5.74) is 1.92. The number of rotatable bonds is 8. The van der Waals surface area contributed by atoms with Crippen molar-refractivity contribution in [3.63, 3.8) is 0 Å². The zero-order chi connectivity index (χ0) is 25.7. The average molecular weight is 487 g/mol. The third-order valence-electron chi connectivity index (χ3n) is 5.63. The van der Waals surface area contributed by atoms with Gasteiger partial charge in [0.1, 0.15) is 41.7 Å². The van der Waals surface area contributed by atoms with E-state index in [2.05, 4.69) is 0 Å². The minimum absolute atomic E-state index is 0.0262. The molecule has 1 heterocycles. The molecule has 1 fully saturated rings. The zero-order valence-electron chi connectivity index (χ0n) is 19.4. The SMILES string of the molecule is CC(C)=CCc1c(O[C@@H]2O[C@H](CO)[C@@H](O)[C@H](O)[C@H]2O)ccc(C(=O)C=Cc2ccc(O)cc2)c1O. The first-order valence-electron chi connectivity index (χ1n) is 11.1. The number of carbonyl (C=O) groups excluding carboxylic acids is 1. The molecule has 3 rings (SSSR count). The van der Waals surface area contributed by atoms with Gasteiger partial charge in [-0.15, -0.1) is 0 Å². The van der Waals surface area contributed by atoms with Gasteiger partial charge in [-0.05, 0) is 56.2 Å². The Morgan fingerprint density at radius 2 is 1.69 bits per heavy atom. The Balaban J connectivity index is 1.91. The van der Waals surface area contributed by atoms with Crippen LogP contribution in [-0.4, -0.2) is 73.7 Å². The van der Waals surface area contributed by atoms with Crippen LogP contribution >= 0.6 is 0 Å². The highest BCUT2D eigenvalue weighted by atomic mass is 16.7. The van der Waals surface area contributed by atoms with Crippen molar-refractivity contribution < 1.29 is 44.9 Å². The number of ether oxygens (including phenoxy) is 2. The second kappa shape index (κ2) is 11.5. The van der Waals surface area contributed by atoms with Gasteiger partial charge in [0.25, 0.3) is 0 Å². The van der Waals surface area contributed by atoms with Gasteiger partial charge in [-0.25, -0.2) is 0 Å². The van der Waals surface area contributed by atoms with Gasteiger partial charge >= 0.3 is 0 Å². The Kier molecular flexibility index (Phi) is 8.66. The lowest BCUT2D eigenvalue weighted by Gasteiger charge is -2.39. The molecule has 0 aromatic heterocycles. The lowest BCUT2D eigenvalue weighted by Crippen LogP contribution is -2.60. The van der Waals surface area contributed by atoms with E-state index in [1.807, 2.05) is 19.9 Å². The minimum atomic E-state index is -1.62. The van der Waals surface area contributed by atoms with Gasteiger partial charge in [-0.2, -0.15) is 0 Å². The molecule has 1 saturated heterocycles. The van der Waals surface area contributed by atoms with Gasteiger partial charge in [0.15, 0.2) is 5.78 Å². The van der Waals surface area contributed by atoms with Crippen molar-refractivity contribution in [2.24, 2.45) is 0 Å². The summed E-state index contributed by atoms with van der Waals surface area (Å²) in [6.45, 7) is 3.12. The van der Waals surface area contributed by atoms with Gasteiger partial charge in [-0.1, -0.05) is 29.9 Å². The monoisotopic (exact) mass is 486 g/mol. The topological polar surface area (TPSA) is 157 Å². The van der Waals surface area contributed by atoms with Crippen LogP contribution in [0.5, 0.6) is 17.2 Å². The van der Waals surface area contributed by atoms with Crippen LogP contribution in [0.1, 0.15) is 35.3 Å². The van der Waals surface area contributed by atoms with Gasteiger partial charge in [0, 0.05) is 5.56 Å². The van der Waals surface area contributed by atoms with E-state index in [0.29, 0.717) is 5.56 Å². The van der Waals surface area contributed by atoms with Crippen LogP contribution in [0.25, 0.3) is 6.08 Å². The third kappa shape index (κ3) is 6.27. The van der Waals surface area contributed by atoms with E-state index in [1.165, 1.54) is 30.3 Å². The molecule has 6 N–H and O–H groups in total. The fraction of sp³-hybridized carbons (Fsp3) is 0.346.